The van der Waals surface area contributed by atoms with E-state index in [0.29, 0.717) is 5.02 Å². The molecule has 0 unspecified atom stereocenters. The summed E-state index contributed by atoms with van der Waals surface area (Å²) in [5, 5.41) is 1.77. The van der Waals surface area contributed by atoms with Crippen LogP contribution < -0.4 is 4.90 Å². The van der Waals surface area contributed by atoms with Crippen LogP contribution in [0.25, 0.3) is 10.9 Å². The summed E-state index contributed by atoms with van der Waals surface area (Å²) in [5.74, 6) is 0.887. The van der Waals surface area contributed by atoms with Crippen LogP contribution in [0.1, 0.15) is 16.7 Å². The second-order valence-electron chi connectivity index (χ2n) is 5.58. The molecule has 2 aromatic carbocycles. The van der Waals surface area contributed by atoms with E-state index in [4.69, 9.17) is 11.6 Å². The van der Waals surface area contributed by atoms with Gasteiger partial charge in [0, 0.05) is 23.1 Å². The Kier molecular flexibility index (Phi) is 3.75. The number of aromatic nitrogens is 2. The maximum Gasteiger partial charge on any atom is 0.144 e. The van der Waals surface area contributed by atoms with Gasteiger partial charge in [-0.3, -0.25) is 0 Å². The van der Waals surface area contributed by atoms with Crippen molar-refractivity contribution in [1.29, 1.82) is 0 Å². The van der Waals surface area contributed by atoms with Crippen molar-refractivity contribution in [1.82, 2.24) is 9.97 Å². The molecule has 3 aromatic rings. The number of hydrogen-bond acceptors (Lipinski definition) is 3. The Morgan fingerprint density at radius 2 is 1.77 bits per heavy atom. The summed E-state index contributed by atoms with van der Waals surface area (Å²) in [6.45, 7) is 6.37. The van der Waals surface area contributed by atoms with E-state index < -0.39 is 0 Å². The van der Waals surface area contributed by atoms with E-state index in [1.54, 1.807) is 6.33 Å². The van der Waals surface area contributed by atoms with Gasteiger partial charge in [0.05, 0.1) is 5.52 Å². The molecule has 0 atom stereocenters. The number of anilines is 2. The number of nitrogens with zero attached hydrogens (tertiary/aromatic N) is 3. The molecule has 0 aliphatic carbocycles. The topological polar surface area (TPSA) is 29.0 Å². The summed E-state index contributed by atoms with van der Waals surface area (Å²) in [5.41, 5.74) is 5.74. The van der Waals surface area contributed by atoms with Crippen molar-refractivity contribution >= 4 is 34.0 Å². The van der Waals surface area contributed by atoms with Gasteiger partial charge in [-0.1, -0.05) is 17.7 Å². The van der Waals surface area contributed by atoms with Crippen LogP contribution >= 0.6 is 11.6 Å². The van der Waals surface area contributed by atoms with Gasteiger partial charge in [-0.2, -0.15) is 0 Å². The van der Waals surface area contributed by atoms with E-state index >= 15 is 0 Å². The number of aryl methyl sites for hydroxylation is 2. The van der Waals surface area contributed by atoms with E-state index in [-0.39, 0.29) is 0 Å². The number of hydrogen-bond donors (Lipinski definition) is 0. The lowest BCUT2D eigenvalue weighted by Gasteiger charge is -2.21. The molecule has 0 aliphatic rings. The van der Waals surface area contributed by atoms with Crippen LogP contribution in [0, 0.1) is 20.8 Å². The number of halogens is 1. The Morgan fingerprint density at radius 1 is 1.00 bits per heavy atom. The van der Waals surface area contributed by atoms with E-state index in [9.17, 15) is 0 Å². The van der Waals surface area contributed by atoms with Crippen LogP contribution in [0.4, 0.5) is 11.5 Å². The van der Waals surface area contributed by atoms with Gasteiger partial charge < -0.3 is 4.90 Å². The minimum Gasteiger partial charge on any atom is -0.329 e. The Labute approximate surface area is 135 Å². The molecular weight excluding hydrogens is 294 g/mol. The zero-order chi connectivity index (χ0) is 15.9. The summed E-state index contributed by atoms with van der Waals surface area (Å²) in [4.78, 5) is 11.0. The standard InChI is InChI=1S/C18H18ClN3/c1-11-8-16-17(13(3)12(11)2)20-10-21-18(16)22(4)15-7-5-6-14(19)9-15/h5-10H,1-4H3. The van der Waals surface area contributed by atoms with Gasteiger partial charge in [-0.25, -0.2) is 9.97 Å². The predicted molar refractivity (Wildman–Crippen MR) is 93.3 cm³/mol. The first-order valence-corrected chi connectivity index (χ1v) is 7.57. The fourth-order valence-corrected chi connectivity index (χ4v) is 2.87. The van der Waals surface area contributed by atoms with Crippen molar-refractivity contribution < 1.29 is 0 Å². The molecule has 112 valence electrons. The molecule has 0 amide bonds. The van der Waals surface area contributed by atoms with Crippen LogP contribution in [0.15, 0.2) is 36.7 Å². The fraction of sp³-hybridized carbons (Fsp3) is 0.222. The van der Waals surface area contributed by atoms with Crippen LogP contribution in [0.3, 0.4) is 0 Å². The summed E-state index contributed by atoms with van der Waals surface area (Å²) >= 11 is 6.11. The zero-order valence-electron chi connectivity index (χ0n) is 13.2. The quantitative estimate of drug-likeness (QED) is 0.668. The van der Waals surface area contributed by atoms with Crippen LogP contribution in [0.5, 0.6) is 0 Å². The number of fused-ring (bicyclic) bond motifs is 1. The number of benzene rings is 2. The molecule has 0 fully saturated rings. The molecule has 0 spiro atoms. The second-order valence-corrected chi connectivity index (χ2v) is 6.01. The fourth-order valence-electron chi connectivity index (χ4n) is 2.69. The predicted octanol–water partition coefficient (Wildman–Crippen LogP) is 4.98. The minimum absolute atomic E-state index is 0.714. The number of rotatable bonds is 2. The lowest BCUT2D eigenvalue weighted by molar-refractivity contribution is 1.10. The third kappa shape index (κ3) is 2.42. The first-order valence-electron chi connectivity index (χ1n) is 7.20. The molecular formula is C18H18ClN3. The highest BCUT2D eigenvalue weighted by Crippen LogP contribution is 2.32. The van der Waals surface area contributed by atoms with Gasteiger partial charge in [-0.15, -0.1) is 0 Å². The molecule has 0 radical (unpaired) electrons. The lowest BCUT2D eigenvalue weighted by Crippen LogP contribution is -2.12. The second kappa shape index (κ2) is 5.58. The highest BCUT2D eigenvalue weighted by atomic mass is 35.5. The average molecular weight is 312 g/mol. The Bertz CT molecular complexity index is 858. The van der Waals surface area contributed by atoms with Crippen LogP contribution in [-0.4, -0.2) is 17.0 Å². The van der Waals surface area contributed by atoms with Crippen LogP contribution in [-0.2, 0) is 0 Å². The summed E-state index contributed by atoms with van der Waals surface area (Å²) in [6, 6.07) is 9.93. The lowest BCUT2D eigenvalue weighted by atomic mass is 10.00. The molecule has 0 bridgehead atoms. The molecule has 3 nitrogen and oxygen atoms in total. The average Bonchev–Trinajstić information content (AvgIpc) is 2.52. The highest BCUT2D eigenvalue weighted by molar-refractivity contribution is 6.30. The molecule has 0 saturated heterocycles. The Morgan fingerprint density at radius 3 is 2.50 bits per heavy atom. The summed E-state index contributed by atoms with van der Waals surface area (Å²) in [6.07, 6.45) is 1.63. The molecule has 1 heterocycles. The molecule has 0 saturated carbocycles. The molecule has 0 N–H and O–H groups in total. The maximum atomic E-state index is 6.11. The largest absolute Gasteiger partial charge is 0.329 e. The summed E-state index contributed by atoms with van der Waals surface area (Å²) in [7, 11) is 2.00. The van der Waals surface area contributed by atoms with Crippen molar-refractivity contribution in [3.63, 3.8) is 0 Å². The van der Waals surface area contributed by atoms with E-state index in [2.05, 4.69) is 36.8 Å². The molecule has 0 aliphatic heterocycles. The van der Waals surface area contributed by atoms with Crippen molar-refractivity contribution in [2.75, 3.05) is 11.9 Å². The van der Waals surface area contributed by atoms with Gasteiger partial charge in [0.25, 0.3) is 0 Å². The van der Waals surface area contributed by atoms with Gasteiger partial charge in [0.2, 0.25) is 0 Å². The van der Waals surface area contributed by atoms with Crippen molar-refractivity contribution in [3.05, 3.63) is 58.4 Å². The molecule has 4 heteroatoms. The van der Waals surface area contributed by atoms with E-state index in [1.807, 2.05) is 36.2 Å². The normalized spacial score (nSPS) is 11.0. The SMILES string of the molecule is Cc1cc2c(N(C)c3cccc(Cl)c3)ncnc2c(C)c1C. The van der Waals surface area contributed by atoms with E-state index in [1.165, 1.54) is 16.7 Å². The monoisotopic (exact) mass is 311 g/mol. The van der Waals surface area contributed by atoms with Gasteiger partial charge in [-0.05, 0) is 61.7 Å². The first-order chi connectivity index (χ1) is 10.5. The van der Waals surface area contributed by atoms with Crippen molar-refractivity contribution in [2.45, 2.75) is 20.8 Å². The molecule has 1 aromatic heterocycles. The summed E-state index contributed by atoms with van der Waals surface area (Å²) < 4.78 is 0. The minimum atomic E-state index is 0.714. The third-order valence-electron chi connectivity index (χ3n) is 4.25. The van der Waals surface area contributed by atoms with Crippen molar-refractivity contribution in [2.24, 2.45) is 0 Å². The Balaban J connectivity index is 2.23. The maximum absolute atomic E-state index is 6.11. The Hall–Kier alpha value is -2.13. The molecule has 22 heavy (non-hydrogen) atoms. The third-order valence-corrected chi connectivity index (χ3v) is 4.48. The zero-order valence-corrected chi connectivity index (χ0v) is 13.9. The van der Waals surface area contributed by atoms with Gasteiger partial charge >= 0.3 is 0 Å². The van der Waals surface area contributed by atoms with Crippen molar-refractivity contribution in [3.8, 4) is 0 Å². The highest BCUT2D eigenvalue weighted by Gasteiger charge is 2.14. The van der Waals surface area contributed by atoms with Crippen LogP contribution in [0.2, 0.25) is 5.02 Å². The smallest absolute Gasteiger partial charge is 0.144 e. The van der Waals surface area contributed by atoms with Gasteiger partial charge in [0.1, 0.15) is 12.1 Å². The van der Waals surface area contributed by atoms with E-state index in [0.717, 1.165) is 22.4 Å². The molecule has 3 rings (SSSR count). The van der Waals surface area contributed by atoms with Gasteiger partial charge in [0.15, 0.2) is 0 Å². The first kappa shape index (κ1) is 14.8.